The molecule has 6 rings (SSSR count). The highest BCUT2D eigenvalue weighted by atomic mass is 16.6. The molecule has 4 aromatic rings. The number of rotatable bonds is 6. The summed E-state index contributed by atoms with van der Waals surface area (Å²) < 4.78 is 11.3. The van der Waals surface area contributed by atoms with Crippen molar-refractivity contribution >= 4 is 23.8 Å². The molecule has 3 heterocycles. The fraction of sp³-hybridized carbons (Fsp3) is 0.286. The maximum Gasteiger partial charge on any atom is 0.411 e. The minimum Gasteiger partial charge on any atom is -0.449 e. The largest absolute Gasteiger partial charge is 0.449 e. The van der Waals surface area contributed by atoms with Gasteiger partial charge in [-0.15, -0.1) is 0 Å². The second-order valence-electron chi connectivity index (χ2n) is 12.4. The molecule has 1 fully saturated rings. The van der Waals surface area contributed by atoms with Gasteiger partial charge in [0, 0.05) is 36.6 Å². The van der Waals surface area contributed by atoms with Crippen LogP contribution in [0.3, 0.4) is 0 Å². The monoisotopic (exact) mass is 621 g/mol. The molecule has 2 aliphatic rings. The van der Waals surface area contributed by atoms with E-state index < -0.39 is 41.3 Å². The first-order valence-electron chi connectivity index (χ1n) is 15.1. The number of hydrogen-bond donors (Lipinski definition) is 3. The van der Waals surface area contributed by atoms with Gasteiger partial charge >= 0.3 is 12.2 Å². The molecule has 11 nitrogen and oxygen atoms in total. The first-order valence-corrected chi connectivity index (χ1v) is 15.1. The van der Waals surface area contributed by atoms with E-state index in [2.05, 4.69) is 32.7 Å². The number of ether oxygens (including phenoxy) is 2. The van der Waals surface area contributed by atoms with E-state index in [-0.39, 0.29) is 31.2 Å². The van der Waals surface area contributed by atoms with E-state index in [9.17, 15) is 19.2 Å². The van der Waals surface area contributed by atoms with Crippen molar-refractivity contribution in [2.24, 2.45) is 0 Å². The molecule has 11 heteroatoms. The summed E-state index contributed by atoms with van der Waals surface area (Å²) in [6, 6.07) is 19.6. The molecule has 2 aromatic heterocycles. The van der Waals surface area contributed by atoms with Crippen LogP contribution >= 0.6 is 0 Å². The van der Waals surface area contributed by atoms with Gasteiger partial charge < -0.3 is 25.1 Å². The Morgan fingerprint density at radius 2 is 1.61 bits per heavy atom. The van der Waals surface area contributed by atoms with Crippen LogP contribution in [0.15, 0.2) is 90.1 Å². The van der Waals surface area contributed by atoms with Crippen LogP contribution in [-0.2, 0) is 14.3 Å². The minimum atomic E-state index is -1.02. The molecule has 2 aromatic carbocycles. The Labute approximate surface area is 266 Å². The number of anilines is 1. The van der Waals surface area contributed by atoms with Crippen LogP contribution in [0.25, 0.3) is 22.3 Å². The second kappa shape index (κ2) is 12.5. The quantitative estimate of drug-likeness (QED) is 0.265. The van der Waals surface area contributed by atoms with E-state index in [4.69, 9.17) is 9.47 Å². The van der Waals surface area contributed by atoms with Crippen LogP contribution in [-0.4, -0.2) is 63.8 Å². The normalized spacial score (nSPS) is 17.2. The molecule has 3 N–H and O–H groups in total. The van der Waals surface area contributed by atoms with E-state index in [1.54, 1.807) is 57.6 Å². The number of carbonyl (C=O) groups is 3. The Morgan fingerprint density at radius 3 is 2.26 bits per heavy atom. The molecule has 46 heavy (non-hydrogen) atoms. The van der Waals surface area contributed by atoms with Gasteiger partial charge in [0.05, 0.1) is 6.04 Å². The second-order valence-corrected chi connectivity index (χ2v) is 12.4. The van der Waals surface area contributed by atoms with E-state index in [1.807, 2.05) is 36.4 Å². The molecule has 236 valence electrons. The van der Waals surface area contributed by atoms with Crippen LogP contribution < -0.4 is 16.2 Å². The fourth-order valence-electron chi connectivity index (χ4n) is 6.02. The zero-order valence-corrected chi connectivity index (χ0v) is 25.8. The summed E-state index contributed by atoms with van der Waals surface area (Å²) in [6.45, 7) is 5.33. The molecule has 0 radical (unpaired) electrons. The highest BCUT2D eigenvalue weighted by Crippen LogP contribution is 2.44. The van der Waals surface area contributed by atoms with Crippen molar-refractivity contribution in [1.29, 1.82) is 0 Å². The Kier molecular flexibility index (Phi) is 8.31. The van der Waals surface area contributed by atoms with E-state index in [1.165, 1.54) is 4.90 Å². The Balaban J connectivity index is 1.15. The molecule has 1 aliphatic heterocycles. The van der Waals surface area contributed by atoms with E-state index in [0.717, 1.165) is 27.8 Å². The summed E-state index contributed by atoms with van der Waals surface area (Å²) in [6.07, 6.45) is 3.53. The highest BCUT2D eigenvalue weighted by Gasteiger charge is 2.42. The molecular weight excluding hydrogens is 586 g/mol. The third-order valence-electron chi connectivity index (χ3n) is 8.07. The van der Waals surface area contributed by atoms with E-state index >= 15 is 0 Å². The van der Waals surface area contributed by atoms with Crippen molar-refractivity contribution < 1.29 is 23.9 Å². The van der Waals surface area contributed by atoms with Crippen LogP contribution in [0.4, 0.5) is 15.3 Å². The number of H-pyrrole nitrogens is 1. The number of benzene rings is 2. The lowest BCUT2D eigenvalue weighted by molar-refractivity contribution is -0.120. The maximum atomic E-state index is 13.6. The summed E-state index contributed by atoms with van der Waals surface area (Å²) in [5, 5.41) is 5.50. The lowest BCUT2D eigenvalue weighted by Crippen LogP contribution is -2.46. The lowest BCUT2D eigenvalue weighted by Gasteiger charge is -2.27. The molecule has 1 saturated heterocycles. The number of nitrogens with zero attached hydrogens (tertiary/aromatic N) is 2. The van der Waals surface area contributed by atoms with Crippen molar-refractivity contribution in [3.63, 3.8) is 0 Å². The Bertz CT molecular complexity index is 1790. The number of fused-ring (bicyclic) bond motifs is 3. The van der Waals surface area contributed by atoms with Crippen LogP contribution in [0, 0.1) is 0 Å². The van der Waals surface area contributed by atoms with Gasteiger partial charge in [0.15, 0.2) is 0 Å². The molecule has 1 aliphatic carbocycles. The number of pyridine rings is 2. The summed E-state index contributed by atoms with van der Waals surface area (Å²) in [5.41, 5.74) is 4.60. The van der Waals surface area contributed by atoms with Crippen molar-refractivity contribution in [1.82, 2.24) is 20.2 Å². The molecule has 2 unspecified atom stereocenters. The zero-order chi connectivity index (χ0) is 32.4. The molecule has 0 spiro atoms. The molecular formula is C35H35N5O6. The number of hydrogen-bond acceptors (Lipinski definition) is 7. The van der Waals surface area contributed by atoms with Gasteiger partial charge in [0.2, 0.25) is 5.91 Å². The third kappa shape index (κ3) is 6.49. The molecule has 0 saturated carbocycles. The number of likely N-dealkylation sites (tertiary alicyclic amines) is 1. The van der Waals surface area contributed by atoms with Crippen molar-refractivity contribution in [3.05, 3.63) is 107 Å². The number of aromatic amines is 1. The van der Waals surface area contributed by atoms with Crippen LogP contribution in [0.2, 0.25) is 0 Å². The molecule has 2 atom stereocenters. The lowest BCUT2D eigenvalue weighted by atomic mass is 9.98. The summed E-state index contributed by atoms with van der Waals surface area (Å²) in [4.78, 5) is 60.4. The van der Waals surface area contributed by atoms with Gasteiger partial charge in [-0.1, -0.05) is 48.5 Å². The van der Waals surface area contributed by atoms with Crippen molar-refractivity contribution in [2.45, 2.75) is 50.8 Å². The average molecular weight is 622 g/mol. The zero-order valence-electron chi connectivity index (χ0n) is 25.8. The fourth-order valence-corrected chi connectivity index (χ4v) is 6.02. The number of alkyl carbamates (subject to hydrolysis) is 1. The summed E-state index contributed by atoms with van der Waals surface area (Å²) >= 11 is 0. The first-order chi connectivity index (χ1) is 22.1. The summed E-state index contributed by atoms with van der Waals surface area (Å²) in [5.74, 6) is -0.695. The van der Waals surface area contributed by atoms with Crippen LogP contribution in [0.5, 0.6) is 0 Å². The van der Waals surface area contributed by atoms with Crippen molar-refractivity contribution in [2.75, 3.05) is 18.5 Å². The minimum absolute atomic E-state index is 0.0185. The van der Waals surface area contributed by atoms with Gasteiger partial charge in [-0.3, -0.25) is 19.5 Å². The maximum absolute atomic E-state index is 13.6. The number of aromatic nitrogens is 2. The highest BCUT2D eigenvalue weighted by molar-refractivity contribution is 5.97. The van der Waals surface area contributed by atoms with Gasteiger partial charge in [0.1, 0.15) is 23.9 Å². The third-order valence-corrected chi connectivity index (χ3v) is 8.07. The van der Waals surface area contributed by atoms with Gasteiger partial charge in [-0.25, -0.2) is 9.59 Å². The number of amides is 3. The average Bonchev–Trinajstić information content (AvgIpc) is 3.60. The number of nitrogens with one attached hydrogen (secondary N) is 3. The SMILES string of the molecule is CC(C)(C)OC(=O)N1CC(NC(=O)OCC2c3ccccc3-c3ccccc32)CC1C(=O)Nc1cc(-c2ccncc2)c[nH]c1=O. The molecule has 3 amide bonds. The standard InChI is InChI=1S/C35H35N5O6/c1-35(2,3)46-34(44)40-19-23(17-30(40)32(42)39-29-16-22(18-37-31(29)41)21-12-14-36-15-13-21)38-33(43)45-20-28-26-10-6-4-8-24(26)25-9-5-7-11-27(25)28/h4-16,18,23,28,30H,17,19-20H2,1-3H3,(H,37,41)(H,38,43)(H,39,42). The predicted molar refractivity (Wildman–Crippen MR) is 172 cm³/mol. The summed E-state index contributed by atoms with van der Waals surface area (Å²) in [7, 11) is 0. The van der Waals surface area contributed by atoms with E-state index in [0.29, 0.717) is 5.56 Å². The predicted octanol–water partition coefficient (Wildman–Crippen LogP) is 5.29. The number of carbonyl (C=O) groups excluding carboxylic acids is 3. The topological polar surface area (TPSA) is 143 Å². The van der Waals surface area contributed by atoms with Crippen LogP contribution in [0.1, 0.15) is 44.2 Å². The Morgan fingerprint density at radius 1 is 0.957 bits per heavy atom. The first kappa shape index (κ1) is 30.6. The van der Waals surface area contributed by atoms with Gasteiger partial charge in [-0.2, -0.15) is 0 Å². The van der Waals surface area contributed by atoms with Gasteiger partial charge in [-0.05, 0) is 73.2 Å². The molecule has 0 bridgehead atoms. The smallest absolute Gasteiger partial charge is 0.411 e. The Hall–Kier alpha value is -5.45. The van der Waals surface area contributed by atoms with Crippen molar-refractivity contribution in [3.8, 4) is 22.3 Å². The van der Waals surface area contributed by atoms with Gasteiger partial charge in [0.25, 0.3) is 5.56 Å².